The maximum Gasteiger partial charge on any atom is 0.347 e. The second-order valence-corrected chi connectivity index (χ2v) is 9.30. The predicted octanol–water partition coefficient (Wildman–Crippen LogP) is 5.15. The third kappa shape index (κ3) is 3.63. The Morgan fingerprint density at radius 3 is 2.50 bits per heavy atom. The van der Waals surface area contributed by atoms with Crippen molar-refractivity contribution in [1.29, 1.82) is 0 Å². The number of para-hydroxylation sites is 1. The van der Waals surface area contributed by atoms with Crippen LogP contribution in [0.3, 0.4) is 0 Å². The summed E-state index contributed by atoms with van der Waals surface area (Å²) in [6.07, 6.45) is 0. The molecule has 2 aromatic heterocycles. The summed E-state index contributed by atoms with van der Waals surface area (Å²) < 4.78 is 18.1. The molecule has 0 aliphatic carbocycles. The van der Waals surface area contributed by atoms with Crippen LogP contribution in [0.1, 0.15) is 13.8 Å². The van der Waals surface area contributed by atoms with Gasteiger partial charge >= 0.3 is 5.63 Å². The lowest BCUT2D eigenvalue weighted by molar-refractivity contribution is 0.350. The number of hydrogen-bond donors (Lipinski definition) is 0. The van der Waals surface area contributed by atoms with Gasteiger partial charge in [-0.2, -0.15) is 0 Å². The second-order valence-electron chi connectivity index (χ2n) is 6.57. The number of benzene rings is 2. The van der Waals surface area contributed by atoms with Gasteiger partial charge in [-0.1, -0.05) is 12.1 Å². The molecule has 0 radical (unpaired) electrons. The van der Waals surface area contributed by atoms with Gasteiger partial charge in [0.15, 0.2) is 0 Å². The molecule has 2 heterocycles. The fourth-order valence-corrected chi connectivity index (χ4v) is 5.93. The summed E-state index contributed by atoms with van der Waals surface area (Å²) >= 11 is 1.46. The first-order valence-corrected chi connectivity index (χ1v) is 11.7. The molecule has 0 spiro atoms. The molecule has 0 aliphatic heterocycles. The van der Waals surface area contributed by atoms with E-state index in [1.54, 1.807) is 14.2 Å². The summed E-state index contributed by atoms with van der Waals surface area (Å²) in [6.45, 7) is 5.93. The normalized spacial score (nSPS) is 11.6. The molecule has 8 heteroatoms. The molecule has 156 valence electrons. The van der Waals surface area contributed by atoms with E-state index in [2.05, 4.69) is 23.7 Å². The Labute approximate surface area is 180 Å². The van der Waals surface area contributed by atoms with E-state index in [-0.39, 0.29) is 0 Å². The number of aromatic nitrogens is 1. The molecule has 0 aliphatic rings. The highest BCUT2D eigenvalue weighted by atomic mass is 32.1. The van der Waals surface area contributed by atoms with Gasteiger partial charge in [-0.05, 0) is 38.1 Å². The summed E-state index contributed by atoms with van der Waals surface area (Å²) in [5.74, 6) is 0. The molecule has 4 rings (SSSR count). The number of rotatable bonds is 7. The average Bonchev–Trinajstić information content (AvgIpc) is 3.18. The van der Waals surface area contributed by atoms with Gasteiger partial charge in [0.25, 0.3) is 0 Å². The van der Waals surface area contributed by atoms with Crippen molar-refractivity contribution < 1.29 is 13.5 Å². The minimum Gasteiger partial charge on any atom is -0.422 e. The minimum atomic E-state index is -1.48. The molecule has 0 atom stereocenters. The Balaban J connectivity index is 2.01. The lowest BCUT2D eigenvalue weighted by Gasteiger charge is -2.22. The van der Waals surface area contributed by atoms with Crippen LogP contribution >= 0.6 is 19.7 Å². The van der Waals surface area contributed by atoms with Crippen molar-refractivity contribution in [2.75, 3.05) is 32.2 Å². The largest absolute Gasteiger partial charge is 0.422 e. The highest BCUT2D eigenvalue weighted by molar-refractivity contribution is 7.57. The maximum atomic E-state index is 13.2. The molecule has 2 aromatic carbocycles. The van der Waals surface area contributed by atoms with Gasteiger partial charge in [0.2, 0.25) is 8.38 Å². The SMILES string of the molecule is CCN(CC)c1ccc2c(P(OC)OC)c(-c3nc4ccccc4s3)c(=O)oc2c1. The van der Waals surface area contributed by atoms with Crippen LogP contribution in [0.2, 0.25) is 0 Å². The average molecular weight is 442 g/mol. The highest BCUT2D eigenvalue weighted by Crippen LogP contribution is 2.42. The maximum absolute atomic E-state index is 13.2. The standard InChI is InChI=1S/C22H23N2O4PS/c1-5-24(6-2)14-11-12-15-17(13-14)28-22(25)19(20(15)29(26-3)27-4)21-23-16-9-7-8-10-18(16)30-21/h7-13H,5-6H2,1-4H3. The van der Waals surface area contributed by atoms with Gasteiger partial charge in [-0.15, -0.1) is 11.3 Å². The van der Waals surface area contributed by atoms with Gasteiger partial charge in [0.05, 0.1) is 15.5 Å². The number of anilines is 1. The van der Waals surface area contributed by atoms with Crippen LogP contribution in [0.4, 0.5) is 5.69 Å². The molecule has 0 bridgehead atoms. The van der Waals surface area contributed by atoms with Gasteiger partial charge in [-0.3, -0.25) is 0 Å². The van der Waals surface area contributed by atoms with Crippen molar-refractivity contribution >= 4 is 51.9 Å². The molecule has 0 N–H and O–H groups in total. The van der Waals surface area contributed by atoms with Crippen molar-refractivity contribution in [1.82, 2.24) is 4.98 Å². The summed E-state index contributed by atoms with van der Waals surface area (Å²) in [5.41, 5.74) is 2.35. The van der Waals surface area contributed by atoms with Crippen LogP contribution < -0.4 is 15.8 Å². The molecule has 6 nitrogen and oxygen atoms in total. The van der Waals surface area contributed by atoms with E-state index in [0.717, 1.165) is 34.4 Å². The van der Waals surface area contributed by atoms with Crippen LogP contribution in [0.15, 0.2) is 51.7 Å². The molecule has 30 heavy (non-hydrogen) atoms. The van der Waals surface area contributed by atoms with Crippen LogP contribution in [-0.2, 0) is 9.05 Å². The summed E-state index contributed by atoms with van der Waals surface area (Å²) in [7, 11) is 1.69. The first-order valence-electron chi connectivity index (χ1n) is 9.71. The van der Waals surface area contributed by atoms with Crippen LogP contribution in [0, 0.1) is 0 Å². The van der Waals surface area contributed by atoms with Crippen molar-refractivity contribution in [3.63, 3.8) is 0 Å². The fourth-order valence-electron chi connectivity index (χ4n) is 3.57. The van der Waals surface area contributed by atoms with Gasteiger partial charge in [0.1, 0.15) is 16.2 Å². The first kappa shape index (κ1) is 20.9. The second kappa shape index (κ2) is 8.82. The number of nitrogens with zero attached hydrogens (tertiary/aromatic N) is 2. The van der Waals surface area contributed by atoms with Gasteiger partial charge in [0, 0.05) is 44.4 Å². The van der Waals surface area contributed by atoms with E-state index in [4.69, 9.17) is 13.5 Å². The number of fused-ring (bicyclic) bond motifs is 2. The zero-order chi connectivity index (χ0) is 21.3. The van der Waals surface area contributed by atoms with E-state index >= 15 is 0 Å². The molecule has 0 unspecified atom stereocenters. The third-order valence-corrected chi connectivity index (χ3v) is 7.56. The minimum absolute atomic E-state index is 0.411. The fraction of sp³-hybridized carbons (Fsp3) is 0.273. The molecular formula is C22H23N2O4PS. The summed E-state index contributed by atoms with van der Waals surface area (Å²) in [4.78, 5) is 20.1. The molecular weight excluding hydrogens is 419 g/mol. The van der Waals surface area contributed by atoms with Crippen molar-refractivity contribution in [3.05, 3.63) is 52.9 Å². The Morgan fingerprint density at radius 1 is 1.10 bits per heavy atom. The van der Waals surface area contributed by atoms with Crippen molar-refractivity contribution in [2.45, 2.75) is 13.8 Å². The van der Waals surface area contributed by atoms with Crippen LogP contribution in [0.5, 0.6) is 0 Å². The Morgan fingerprint density at radius 2 is 1.83 bits per heavy atom. The van der Waals surface area contributed by atoms with E-state index in [9.17, 15) is 4.79 Å². The van der Waals surface area contributed by atoms with E-state index in [1.165, 1.54) is 11.3 Å². The Kier molecular flexibility index (Phi) is 6.16. The van der Waals surface area contributed by atoms with E-state index < -0.39 is 14.0 Å². The van der Waals surface area contributed by atoms with Crippen LogP contribution in [-0.4, -0.2) is 32.3 Å². The smallest absolute Gasteiger partial charge is 0.347 e. The summed E-state index contributed by atoms with van der Waals surface area (Å²) in [5, 5.41) is 2.11. The summed E-state index contributed by atoms with van der Waals surface area (Å²) in [6, 6.07) is 13.7. The molecule has 4 aromatic rings. The molecule has 0 fully saturated rings. The van der Waals surface area contributed by atoms with Crippen molar-refractivity contribution in [2.24, 2.45) is 0 Å². The van der Waals surface area contributed by atoms with Gasteiger partial charge < -0.3 is 18.4 Å². The quantitative estimate of drug-likeness (QED) is 0.292. The van der Waals surface area contributed by atoms with E-state index in [0.29, 0.717) is 21.5 Å². The first-order chi connectivity index (χ1) is 14.6. The monoisotopic (exact) mass is 442 g/mol. The number of thiazole rings is 1. The Hall–Kier alpha value is -2.31. The van der Waals surface area contributed by atoms with E-state index in [1.807, 2.05) is 42.5 Å². The van der Waals surface area contributed by atoms with Gasteiger partial charge in [-0.25, -0.2) is 9.78 Å². The van der Waals surface area contributed by atoms with Crippen LogP contribution in [0.25, 0.3) is 31.8 Å². The third-order valence-electron chi connectivity index (χ3n) is 5.01. The zero-order valence-electron chi connectivity index (χ0n) is 17.3. The lowest BCUT2D eigenvalue weighted by atomic mass is 10.1. The Bertz CT molecular complexity index is 1210. The number of hydrogen-bond acceptors (Lipinski definition) is 7. The molecule has 0 saturated carbocycles. The van der Waals surface area contributed by atoms with Crippen molar-refractivity contribution in [3.8, 4) is 10.6 Å². The molecule has 0 saturated heterocycles. The topological polar surface area (TPSA) is 64.8 Å². The molecule has 0 amide bonds. The lowest BCUT2D eigenvalue weighted by Crippen LogP contribution is -2.22. The zero-order valence-corrected chi connectivity index (χ0v) is 19.0. The predicted molar refractivity (Wildman–Crippen MR) is 125 cm³/mol. The highest BCUT2D eigenvalue weighted by Gasteiger charge is 2.27.